The van der Waals surface area contributed by atoms with Gasteiger partial charge in [-0.1, -0.05) is 6.07 Å². The molecule has 1 heterocycles. The average molecular weight is 344 g/mol. The molecule has 1 atom stereocenters. The SMILES string of the molecule is COc1ccc(N2CC(CNC(=O)c3cccc(F)c3)OC2=O)cc1. The van der Waals surface area contributed by atoms with Crippen LogP contribution in [-0.4, -0.2) is 38.3 Å². The molecular formula is C18H17FN2O4. The van der Waals surface area contributed by atoms with E-state index in [1.54, 1.807) is 31.4 Å². The van der Waals surface area contributed by atoms with Crippen LogP contribution >= 0.6 is 0 Å². The number of cyclic esters (lactones) is 1. The van der Waals surface area contributed by atoms with Crippen LogP contribution in [0.5, 0.6) is 5.75 Å². The van der Waals surface area contributed by atoms with Crippen molar-refractivity contribution in [1.82, 2.24) is 5.32 Å². The van der Waals surface area contributed by atoms with Gasteiger partial charge in [0.2, 0.25) is 0 Å². The fourth-order valence-electron chi connectivity index (χ4n) is 2.54. The molecule has 6 nitrogen and oxygen atoms in total. The number of amides is 2. The van der Waals surface area contributed by atoms with E-state index in [2.05, 4.69) is 5.32 Å². The van der Waals surface area contributed by atoms with Gasteiger partial charge < -0.3 is 14.8 Å². The molecule has 0 aromatic heterocycles. The molecule has 7 heteroatoms. The molecule has 2 aromatic carbocycles. The Kier molecular flexibility index (Phi) is 4.83. The molecule has 25 heavy (non-hydrogen) atoms. The number of ether oxygens (including phenoxy) is 2. The van der Waals surface area contributed by atoms with E-state index in [-0.39, 0.29) is 12.1 Å². The third kappa shape index (κ3) is 3.88. The van der Waals surface area contributed by atoms with Gasteiger partial charge in [0.25, 0.3) is 5.91 Å². The van der Waals surface area contributed by atoms with Gasteiger partial charge >= 0.3 is 6.09 Å². The summed E-state index contributed by atoms with van der Waals surface area (Å²) in [4.78, 5) is 25.5. The second kappa shape index (κ2) is 7.21. The van der Waals surface area contributed by atoms with Crippen molar-refractivity contribution in [3.8, 4) is 5.75 Å². The van der Waals surface area contributed by atoms with Gasteiger partial charge in [-0.3, -0.25) is 9.69 Å². The molecule has 3 rings (SSSR count). The minimum absolute atomic E-state index is 0.147. The minimum atomic E-state index is -0.481. The fraction of sp³-hybridized carbons (Fsp3) is 0.222. The highest BCUT2D eigenvalue weighted by Gasteiger charge is 2.32. The summed E-state index contributed by atoms with van der Waals surface area (Å²) in [6, 6.07) is 12.4. The number of rotatable bonds is 5. The lowest BCUT2D eigenvalue weighted by Gasteiger charge is -2.13. The highest BCUT2D eigenvalue weighted by atomic mass is 19.1. The Morgan fingerprint density at radius 1 is 1.32 bits per heavy atom. The van der Waals surface area contributed by atoms with Crippen LogP contribution in [0.2, 0.25) is 0 Å². The number of halogens is 1. The summed E-state index contributed by atoms with van der Waals surface area (Å²) in [7, 11) is 1.57. The van der Waals surface area contributed by atoms with Gasteiger partial charge in [-0.2, -0.15) is 0 Å². The summed E-state index contributed by atoms with van der Waals surface area (Å²) in [5, 5.41) is 2.65. The number of hydrogen-bond donors (Lipinski definition) is 1. The van der Waals surface area contributed by atoms with E-state index in [0.29, 0.717) is 18.0 Å². The van der Waals surface area contributed by atoms with Crippen molar-refractivity contribution in [3.05, 3.63) is 59.9 Å². The zero-order valence-electron chi connectivity index (χ0n) is 13.6. The van der Waals surface area contributed by atoms with Gasteiger partial charge in [0, 0.05) is 11.3 Å². The van der Waals surface area contributed by atoms with Crippen LogP contribution in [0.25, 0.3) is 0 Å². The van der Waals surface area contributed by atoms with E-state index in [1.807, 2.05) is 0 Å². The van der Waals surface area contributed by atoms with Crippen LogP contribution in [0, 0.1) is 5.82 Å². The van der Waals surface area contributed by atoms with E-state index in [1.165, 1.54) is 23.1 Å². The van der Waals surface area contributed by atoms with Crippen LogP contribution in [0.3, 0.4) is 0 Å². The molecule has 0 saturated carbocycles. The zero-order chi connectivity index (χ0) is 17.8. The highest BCUT2D eigenvalue weighted by Crippen LogP contribution is 2.24. The first-order valence-corrected chi connectivity index (χ1v) is 7.73. The summed E-state index contributed by atoms with van der Waals surface area (Å²) < 4.78 is 23.5. The van der Waals surface area contributed by atoms with E-state index in [9.17, 15) is 14.0 Å². The lowest BCUT2D eigenvalue weighted by atomic mass is 10.2. The summed E-state index contributed by atoms with van der Waals surface area (Å²) in [5.74, 6) is -0.209. The molecule has 2 amide bonds. The lowest BCUT2D eigenvalue weighted by molar-refractivity contribution is 0.0915. The molecule has 1 fully saturated rings. The van der Waals surface area contributed by atoms with E-state index in [4.69, 9.17) is 9.47 Å². The van der Waals surface area contributed by atoms with Crippen molar-refractivity contribution >= 4 is 17.7 Å². The predicted octanol–water partition coefficient (Wildman–Crippen LogP) is 2.59. The molecule has 0 bridgehead atoms. The first-order valence-electron chi connectivity index (χ1n) is 7.73. The molecular weight excluding hydrogens is 327 g/mol. The number of anilines is 1. The number of carbonyl (C=O) groups excluding carboxylic acids is 2. The fourth-order valence-corrected chi connectivity index (χ4v) is 2.54. The quantitative estimate of drug-likeness (QED) is 0.905. The molecule has 1 N–H and O–H groups in total. The van der Waals surface area contributed by atoms with Crippen LogP contribution in [0.15, 0.2) is 48.5 Å². The highest BCUT2D eigenvalue weighted by molar-refractivity contribution is 5.94. The number of hydrogen-bond acceptors (Lipinski definition) is 4. The van der Waals surface area contributed by atoms with Crippen molar-refractivity contribution in [2.75, 3.05) is 25.1 Å². The zero-order valence-corrected chi connectivity index (χ0v) is 13.6. The second-order valence-electron chi connectivity index (χ2n) is 5.53. The van der Waals surface area contributed by atoms with Crippen LogP contribution in [0.1, 0.15) is 10.4 Å². The van der Waals surface area contributed by atoms with Crippen molar-refractivity contribution in [2.45, 2.75) is 6.10 Å². The van der Waals surface area contributed by atoms with Crippen LogP contribution in [0.4, 0.5) is 14.9 Å². The van der Waals surface area contributed by atoms with Gasteiger partial charge in [-0.05, 0) is 42.5 Å². The van der Waals surface area contributed by atoms with Gasteiger partial charge in [0.1, 0.15) is 17.7 Å². The Morgan fingerprint density at radius 3 is 2.76 bits per heavy atom. The van der Waals surface area contributed by atoms with E-state index < -0.39 is 23.9 Å². The van der Waals surface area contributed by atoms with Crippen LogP contribution < -0.4 is 15.0 Å². The minimum Gasteiger partial charge on any atom is -0.497 e. The molecule has 0 spiro atoms. The van der Waals surface area contributed by atoms with E-state index >= 15 is 0 Å². The summed E-state index contributed by atoms with van der Waals surface area (Å²) in [6.07, 6.45) is -0.956. The predicted molar refractivity (Wildman–Crippen MR) is 89.3 cm³/mol. The topological polar surface area (TPSA) is 67.9 Å². The number of benzene rings is 2. The normalized spacial score (nSPS) is 16.5. The first-order chi connectivity index (χ1) is 12.1. The number of methoxy groups -OCH3 is 1. The molecule has 1 aliphatic heterocycles. The summed E-state index contributed by atoms with van der Waals surface area (Å²) in [5.41, 5.74) is 0.904. The molecule has 1 unspecified atom stereocenters. The number of carbonyl (C=O) groups is 2. The van der Waals surface area contributed by atoms with Gasteiger partial charge in [0.15, 0.2) is 0 Å². The van der Waals surface area contributed by atoms with Crippen molar-refractivity contribution < 1.29 is 23.5 Å². The maximum absolute atomic E-state index is 13.1. The van der Waals surface area contributed by atoms with Gasteiger partial charge in [-0.25, -0.2) is 9.18 Å². The average Bonchev–Trinajstić information content (AvgIpc) is 3.00. The maximum Gasteiger partial charge on any atom is 0.414 e. The Balaban J connectivity index is 1.58. The van der Waals surface area contributed by atoms with Crippen molar-refractivity contribution in [3.63, 3.8) is 0 Å². The Bertz CT molecular complexity index is 779. The molecule has 2 aromatic rings. The van der Waals surface area contributed by atoms with E-state index in [0.717, 1.165) is 6.07 Å². The standard InChI is InChI=1S/C18H17FN2O4/c1-24-15-7-5-14(6-8-15)21-11-16(25-18(21)23)10-20-17(22)12-3-2-4-13(19)9-12/h2-9,16H,10-11H2,1H3,(H,20,22). The van der Waals surface area contributed by atoms with Crippen molar-refractivity contribution in [1.29, 1.82) is 0 Å². The Hall–Kier alpha value is -3.09. The van der Waals surface area contributed by atoms with Crippen molar-refractivity contribution in [2.24, 2.45) is 0 Å². The third-order valence-electron chi connectivity index (χ3n) is 3.84. The lowest BCUT2D eigenvalue weighted by Crippen LogP contribution is -2.34. The first kappa shape index (κ1) is 16.8. The second-order valence-corrected chi connectivity index (χ2v) is 5.53. The summed E-state index contributed by atoms with van der Waals surface area (Å²) in [6.45, 7) is 0.461. The van der Waals surface area contributed by atoms with Gasteiger partial charge in [0.05, 0.1) is 20.2 Å². The Labute approximate surface area is 144 Å². The molecule has 0 aliphatic carbocycles. The number of nitrogens with zero attached hydrogens (tertiary/aromatic N) is 1. The maximum atomic E-state index is 13.1. The monoisotopic (exact) mass is 344 g/mol. The third-order valence-corrected chi connectivity index (χ3v) is 3.84. The summed E-state index contributed by atoms with van der Waals surface area (Å²) >= 11 is 0. The molecule has 130 valence electrons. The largest absolute Gasteiger partial charge is 0.497 e. The number of nitrogens with one attached hydrogen (secondary N) is 1. The molecule has 1 aliphatic rings. The smallest absolute Gasteiger partial charge is 0.414 e. The molecule has 0 radical (unpaired) electrons. The Morgan fingerprint density at radius 2 is 2.08 bits per heavy atom. The van der Waals surface area contributed by atoms with Gasteiger partial charge in [-0.15, -0.1) is 0 Å². The van der Waals surface area contributed by atoms with Crippen LogP contribution in [-0.2, 0) is 4.74 Å². The molecule has 1 saturated heterocycles.